The molecule has 18 N–H and O–H groups in total. The molecule has 111 heavy (non-hydrogen) atoms. The fraction of sp³-hybridized carbons (Fsp3) is 0.605. The van der Waals surface area contributed by atoms with Crippen LogP contribution in [0.2, 0.25) is 0 Å². The monoisotopic (exact) mass is 1650 g/mol. The van der Waals surface area contributed by atoms with Gasteiger partial charge in [0.1, 0.15) is 130 Å². The minimum Gasteiger partial charge on any atom is -0.387 e. The van der Waals surface area contributed by atoms with Gasteiger partial charge in [-0.25, -0.2) is 25.0 Å². The maximum Gasteiger partial charge on any atom is 0.166 e. The van der Waals surface area contributed by atoms with Gasteiger partial charge >= 0.3 is 0 Å². The van der Waals surface area contributed by atoms with E-state index in [0.717, 1.165) is 49.2 Å². The molecule has 0 aliphatic carbocycles. The Morgan fingerprint density at radius 3 is 1.09 bits per heavy atom. The zero-order chi connectivity index (χ0) is 83.2. The van der Waals surface area contributed by atoms with Crippen LogP contribution in [-0.2, 0) is 33.2 Å². The molecule has 30 nitrogen and oxygen atoms in total. The van der Waals surface area contributed by atoms with Crippen molar-refractivity contribution in [1.82, 2.24) is 24.5 Å². The average molecular weight is 1650 g/mol. The zero-order valence-electron chi connectivity index (χ0n) is 67.4. The Morgan fingerprint density at radius 2 is 0.748 bits per heavy atom. The summed E-state index contributed by atoms with van der Waals surface area (Å²) in [6.45, 7) is 42.5. The van der Waals surface area contributed by atoms with Gasteiger partial charge in [0.25, 0.3) is 0 Å². The van der Waals surface area contributed by atoms with E-state index in [9.17, 15) is 40.9 Å². The molecule has 0 aromatic carbocycles. The van der Waals surface area contributed by atoms with Crippen LogP contribution in [0.25, 0.3) is 0 Å². The van der Waals surface area contributed by atoms with Crippen LogP contribution in [0.15, 0.2) is 148 Å². The fourth-order valence-corrected chi connectivity index (χ4v) is 19.1. The van der Waals surface area contributed by atoms with Gasteiger partial charge in [-0.1, -0.05) is 32.9 Å². The number of aliphatic hydroxyl groups excluding tert-OH is 6. The Balaban J connectivity index is 0.000000174. The summed E-state index contributed by atoms with van der Waals surface area (Å²) < 4.78 is 42.0. The van der Waals surface area contributed by atoms with E-state index in [0.29, 0.717) is 90.8 Å². The van der Waals surface area contributed by atoms with Crippen molar-refractivity contribution >= 4 is 95.1 Å². The molecule has 12 rings (SSSR count). The Labute approximate surface area is 657 Å². The summed E-state index contributed by atoms with van der Waals surface area (Å²) in [6.07, 6.45) is 34.1. The van der Waals surface area contributed by atoms with Crippen LogP contribution in [0.4, 0.5) is 0 Å². The van der Waals surface area contributed by atoms with E-state index in [2.05, 4.69) is 156 Å². The maximum atomic E-state index is 10.7. The van der Waals surface area contributed by atoms with E-state index in [1.807, 2.05) is 24.9 Å². The third-order valence-electron chi connectivity index (χ3n) is 21.1. The number of nitrogens with zero attached hydrogens (tertiary/aromatic N) is 10. The topological polar surface area (TPSA) is 435 Å². The van der Waals surface area contributed by atoms with E-state index < -0.39 is 155 Å². The highest BCUT2D eigenvalue weighted by molar-refractivity contribution is 7.73. The summed E-state index contributed by atoms with van der Waals surface area (Å²) in [6, 6.07) is 0. The van der Waals surface area contributed by atoms with Crippen molar-refractivity contribution in [2.75, 3.05) is 111 Å². The lowest BCUT2D eigenvalue weighted by Crippen LogP contribution is -2.51. The van der Waals surface area contributed by atoms with Gasteiger partial charge in [-0.3, -0.25) is 0 Å². The van der Waals surface area contributed by atoms with Gasteiger partial charge in [-0.2, -0.15) is 0 Å². The Bertz CT molecular complexity index is 3980. The summed E-state index contributed by atoms with van der Waals surface area (Å²) in [5.74, 6) is 4.03. The van der Waals surface area contributed by atoms with E-state index in [-0.39, 0.29) is 0 Å². The third-order valence-corrected chi connectivity index (χ3v) is 28.4. The van der Waals surface area contributed by atoms with Crippen molar-refractivity contribution < 1.29 is 74.0 Å². The molecule has 4 bridgehead atoms. The lowest BCUT2D eigenvalue weighted by Gasteiger charge is -2.37. The Kier molecular flexibility index (Phi) is 28.3. The fourth-order valence-electron chi connectivity index (χ4n) is 14.2. The van der Waals surface area contributed by atoms with Crippen LogP contribution >= 0.6 is 34.4 Å². The second-order valence-corrected chi connectivity index (χ2v) is 56.3. The first-order valence-electron chi connectivity index (χ1n) is 36.9. The maximum absolute atomic E-state index is 10.7. The molecule has 7 saturated heterocycles. The van der Waals surface area contributed by atoms with Crippen molar-refractivity contribution in [3.63, 3.8) is 0 Å². The molecule has 12 aliphatic heterocycles. The number of amidine groups is 5. The molecule has 0 radical (unpaired) electrons. The van der Waals surface area contributed by atoms with Crippen LogP contribution in [0.3, 0.4) is 0 Å². The molecule has 12 aliphatic rings. The van der Waals surface area contributed by atoms with E-state index in [1.165, 1.54) is 0 Å². The summed E-state index contributed by atoms with van der Waals surface area (Å²) >= 11 is 0. The summed E-state index contributed by atoms with van der Waals surface area (Å²) in [5, 5.41) is 84.3. The molecule has 35 heteroatoms. The normalized spacial score (nSPS) is 36.5. The van der Waals surface area contributed by atoms with Crippen molar-refractivity contribution in [1.29, 1.82) is 0 Å². The highest BCUT2D eigenvalue weighted by Gasteiger charge is 2.64. The summed E-state index contributed by atoms with van der Waals surface area (Å²) in [7, 11) is 0. The van der Waals surface area contributed by atoms with Crippen LogP contribution in [-0.4, -0.2) is 357 Å². The molecule has 0 aromatic heterocycles. The zero-order valence-corrected chi connectivity index (χ0v) is 71.9. The Hall–Kier alpha value is -5.35. The van der Waals surface area contributed by atoms with Crippen molar-refractivity contribution in [3.05, 3.63) is 123 Å². The van der Waals surface area contributed by atoms with Crippen LogP contribution in [0, 0.1) is 0 Å². The first-order valence-corrected chi connectivity index (χ1v) is 52.2. The predicted octanol–water partition coefficient (Wildman–Crippen LogP) is 3.33. The smallest absolute Gasteiger partial charge is 0.166 e. The second kappa shape index (κ2) is 34.5. The highest BCUT2D eigenvalue weighted by Crippen LogP contribution is 2.52. The number of nitrogens with two attached hydrogens (primary N) is 5. The van der Waals surface area contributed by atoms with Gasteiger partial charge in [0, 0.05) is 36.6 Å². The first-order chi connectivity index (χ1) is 50.9. The minimum absolute atomic E-state index is 0.347. The number of aliphatic imine (C=N–C) groups is 5. The largest absolute Gasteiger partial charge is 0.387 e. The number of ether oxygens (including phenoxy) is 7. The Morgan fingerprint density at radius 1 is 0.432 bits per heavy atom. The van der Waals surface area contributed by atoms with Gasteiger partial charge < -0.3 is 127 Å². The van der Waals surface area contributed by atoms with Gasteiger partial charge in [-0.15, -0.1) is 65.9 Å². The van der Waals surface area contributed by atoms with Gasteiger partial charge in [0.15, 0.2) is 31.1 Å². The molecule has 0 saturated carbocycles. The average Bonchev–Trinajstić information content (AvgIpc) is 1.65. The molecule has 12 heterocycles. The number of aliphatic hydroxyl groups is 8. The quantitative estimate of drug-likeness (QED) is 0.0777. The number of rotatable bonds is 20. The van der Waals surface area contributed by atoms with Crippen LogP contribution in [0.5, 0.6) is 0 Å². The number of fused-ring (bicyclic) bond motifs is 4. The summed E-state index contributed by atoms with van der Waals surface area (Å²) in [4.78, 5) is 29.0. The first kappa shape index (κ1) is 91.2. The molecule has 0 unspecified atom stereocenters. The second-order valence-electron chi connectivity index (χ2n) is 34.7. The number of hydrogen-bond donors (Lipinski definition) is 13. The van der Waals surface area contributed by atoms with E-state index in [1.54, 1.807) is 82.6 Å². The molecule has 7 fully saturated rings. The molecule has 20 atom stereocenters. The molecule has 0 amide bonds. The third kappa shape index (κ3) is 21.8. The lowest BCUT2D eigenvalue weighted by molar-refractivity contribution is -0.181. The molecule has 0 spiro atoms. The van der Waals surface area contributed by atoms with Gasteiger partial charge in [0.2, 0.25) is 0 Å². The highest BCUT2D eigenvalue weighted by atomic mass is 31.2. The van der Waals surface area contributed by atoms with Crippen molar-refractivity contribution in [2.45, 2.75) is 180 Å². The van der Waals surface area contributed by atoms with Crippen molar-refractivity contribution in [3.8, 4) is 0 Å². The molecule has 622 valence electrons. The van der Waals surface area contributed by atoms with E-state index in [4.69, 9.17) is 61.8 Å². The predicted molar refractivity (Wildman–Crippen MR) is 463 cm³/mol. The SMILES string of the molecule is C=C1N=C(N)C(C)=CN1[C@@H]1O[C@@]2(CCP(=C)(C)C)CO[C@@H]1[C@@H]2O.C=C1N=C(N)C=CN1[C@@H]1O[C@@]2(CCP(=C)(C)C)CO[C@@H]1[C@@H]2O.C=C1N=C(N)C=CN1[C@@H]1O[C@H](CCP(=C)(C)C)[C@@H](O)[C@@]1(C)O.C=C1N=C(N)C=CN1[C@@H]1O[C@H](CCP(=C)(C)C)[C@@H](O)[C@]1(C)O.C=C1N=C(N)C=CN1[C@@H]1O[C@](C)(CCP(=C)(C)C)[C@@H](O)[C@H]1O. The standard InChI is InChI=1S/C16H26N3O3P.C15H24N3O3P.3C15H26N3O3P/c1-10-8-19(11(2)18-14(10)17)15-12-13(20)16(22-15,9-21-12)6-7-23(3,4)5;1-10-17-11(16)5-7-18(10)14-12-13(19)15(21-14,9-20-12)6-8-22(2,3)4;2*1-10-17-12(16)6-8-18(10)14-15(2,20)13(19)11(21-14)7-9-22(3,4)5;1-10-17-11(16)6-8-18(10)14-12(19)13(20)15(2,21-14)7-9-22(3,4)5/h8,12-13,15,20H,2-3,6-7,9H2,1,4-5H3,(H2,17,18);5,7,12-14,19H,1-2,6,8-9H2,3-4H3,(H2,16,17);2*6,8,11,13-14,19-20H,1,3,7,9H2,2,4-5H3,(H2,16,17);6,8,12-14,19-20H,1,3,7,9H2,2,4-5H3,(H2,16,17)/t12-,13+,15-,16+;12-,13+,14-,15+;11-,13-,14-,15+;11-,13-,14-,15-;12-,13+,14-,15-/m11111/s1. The lowest BCUT2D eigenvalue weighted by atomic mass is 9.94. The van der Waals surface area contributed by atoms with Crippen molar-refractivity contribution in [2.24, 2.45) is 53.6 Å². The van der Waals surface area contributed by atoms with E-state index >= 15 is 0 Å². The minimum atomic E-state index is -1.43. The molecule has 0 aromatic rings. The molecular weight excluding hydrogens is 1520 g/mol. The van der Waals surface area contributed by atoms with Gasteiger partial charge in [-0.05, 0) is 182 Å². The number of hydrogen-bond acceptors (Lipinski definition) is 30. The molecular formula is C76H128N15O15P5. The van der Waals surface area contributed by atoms with Crippen LogP contribution < -0.4 is 28.7 Å². The summed E-state index contributed by atoms with van der Waals surface area (Å²) in [5.41, 5.74) is 24.2. The van der Waals surface area contributed by atoms with Crippen LogP contribution in [0.1, 0.15) is 59.8 Å². The van der Waals surface area contributed by atoms with Gasteiger partial charge in [0.05, 0.1) is 31.0 Å².